The van der Waals surface area contributed by atoms with Gasteiger partial charge in [0.25, 0.3) is 5.91 Å². The van der Waals surface area contributed by atoms with Crippen LogP contribution >= 0.6 is 11.6 Å². The van der Waals surface area contributed by atoms with Crippen LogP contribution in [-0.4, -0.2) is 28.6 Å². The van der Waals surface area contributed by atoms with E-state index in [1.54, 1.807) is 24.3 Å². The van der Waals surface area contributed by atoms with Gasteiger partial charge >= 0.3 is 0 Å². The van der Waals surface area contributed by atoms with E-state index < -0.39 is 0 Å². The highest BCUT2D eigenvalue weighted by Crippen LogP contribution is 2.22. The van der Waals surface area contributed by atoms with Crippen molar-refractivity contribution in [2.24, 2.45) is 0 Å². The van der Waals surface area contributed by atoms with Gasteiger partial charge in [-0.25, -0.2) is 4.98 Å². The monoisotopic (exact) mass is 517 g/mol. The molecule has 0 radical (unpaired) electrons. The number of benzene rings is 3. The number of aromatic nitrogens is 2. The minimum atomic E-state index is -0.0779. The van der Waals surface area contributed by atoms with Gasteiger partial charge in [-0.05, 0) is 87.1 Å². The Balaban J connectivity index is 1.23. The maximum Gasteiger partial charge on any atom is 0.251 e. The molecule has 4 aromatic rings. The molecular weight excluding hydrogens is 482 g/mol. The second-order valence-corrected chi connectivity index (χ2v) is 9.94. The fraction of sp³-hybridized carbons (Fsp3) is 0.355. The van der Waals surface area contributed by atoms with Gasteiger partial charge < -0.3 is 14.6 Å². The van der Waals surface area contributed by atoms with Gasteiger partial charge in [0.1, 0.15) is 11.6 Å². The highest BCUT2D eigenvalue weighted by Gasteiger charge is 2.11. The maximum absolute atomic E-state index is 12.3. The van der Waals surface area contributed by atoms with Crippen LogP contribution in [0.2, 0.25) is 5.02 Å². The number of unbranched alkanes of at least 4 members (excludes halogenated alkanes) is 3. The molecule has 1 aromatic heterocycles. The lowest BCUT2D eigenvalue weighted by molar-refractivity contribution is 0.0953. The molecule has 0 aliphatic heterocycles. The van der Waals surface area contributed by atoms with Gasteiger partial charge in [0.15, 0.2) is 0 Å². The number of hydrogen-bond donors (Lipinski definition) is 1. The summed E-state index contributed by atoms with van der Waals surface area (Å²) in [6, 6.07) is 21.6. The number of carbonyl (C=O) groups excluding carboxylic acids is 1. The number of carbonyl (C=O) groups is 1. The molecule has 0 aliphatic carbocycles. The lowest BCUT2D eigenvalue weighted by Crippen LogP contribution is -2.24. The van der Waals surface area contributed by atoms with E-state index in [1.807, 2.05) is 12.1 Å². The second kappa shape index (κ2) is 13.3. The first-order valence-electron chi connectivity index (χ1n) is 13.2. The topological polar surface area (TPSA) is 56.1 Å². The van der Waals surface area contributed by atoms with Crippen molar-refractivity contribution in [2.45, 2.75) is 58.9 Å². The number of para-hydroxylation sites is 2. The average Bonchev–Trinajstić information content (AvgIpc) is 3.25. The molecule has 0 saturated heterocycles. The van der Waals surface area contributed by atoms with Crippen molar-refractivity contribution < 1.29 is 9.53 Å². The molecule has 0 bridgehead atoms. The molecular formula is C31H36ClN3O2. The summed E-state index contributed by atoms with van der Waals surface area (Å²) < 4.78 is 8.42. The van der Waals surface area contributed by atoms with E-state index in [9.17, 15) is 4.79 Å². The summed E-state index contributed by atoms with van der Waals surface area (Å²) in [5.41, 5.74) is 5.32. The molecule has 6 heteroatoms. The Morgan fingerprint density at radius 1 is 0.946 bits per heavy atom. The summed E-state index contributed by atoms with van der Waals surface area (Å²) in [6.07, 6.45) is 5.95. The summed E-state index contributed by atoms with van der Waals surface area (Å²) in [6.45, 7) is 6.53. The van der Waals surface area contributed by atoms with Gasteiger partial charge in [-0.1, -0.05) is 48.4 Å². The predicted molar refractivity (Wildman–Crippen MR) is 152 cm³/mol. The number of amides is 1. The molecule has 3 aromatic carbocycles. The minimum Gasteiger partial charge on any atom is -0.493 e. The zero-order chi connectivity index (χ0) is 26.0. The fourth-order valence-corrected chi connectivity index (χ4v) is 4.71. The first kappa shape index (κ1) is 26.7. The SMILES string of the molecule is Cc1cccc(OCCCCn2c(CCCCCNC(=O)c3cccc(Cl)c3)nc3ccccc32)c1C. The molecule has 1 heterocycles. The zero-order valence-corrected chi connectivity index (χ0v) is 22.6. The molecule has 0 atom stereocenters. The van der Waals surface area contributed by atoms with Crippen molar-refractivity contribution in [3.05, 3.63) is 94.3 Å². The predicted octanol–water partition coefficient (Wildman–Crippen LogP) is 7.31. The van der Waals surface area contributed by atoms with Gasteiger partial charge in [0, 0.05) is 30.1 Å². The number of hydrogen-bond acceptors (Lipinski definition) is 3. The molecule has 5 nitrogen and oxygen atoms in total. The largest absolute Gasteiger partial charge is 0.493 e. The quantitative estimate of drug-likeness (QED) is 0.189. The lowest BCUT2D eigenvalue weighted by Gasteiger charge is -2.12. The number of halogens is 1. The molecule has 0 fully saturated rings. The van der Waals surface area contributed by atoms with Crippen LogP contribution in [0.3, 0.4) is 0 Å². The van der Waals surface area contributed by atoms with Crippen molar-refractivity contribution in [1.29, 1.82) is 0 Å². The highest BCUT2D eigenvalue weighted by molar-refractivity contribution is 6.30. The number of ether oxygens (including phenoxy) is 1. The molecule has 4 rings (SSSR count). The van der Waals surface area contributed by atoms with Crippen LogP contribution < -0.4 is 10.1 Å². The van der Waals surface area contributed by atoms with Crippen LogP contribution in [-0.2, 0) is 13.0 Å². The first-order chi connectivity index (χ1) is 18.0. The fourth-order valence-electron chi connectivity index (χ4n) is 4.52. The van der Waals surface area contributed by atoms with Crippen molar-refractivity contribution in [3.8, 4) is 5.75 Å². The van der Waals surface area contributed by atoms with Gasteiger partial charge in [-0.2, -0.15) is 0 Å². The van der Waals surface area contributed by atoms with Gasteiger partial charge in [0.2, 0.25) is 0 Å². The van der Waals surface area contributed by atoms with Crippen LogP contribution in [0.5, 0.6) is 5.75 Å². The minimum absolute atomic E-state index is 0.0779. The van der Waals surface area contributed by atoms with E-state index in [-0.39, 0.29) is 5.91 Å². The molecule has 37 heavy (non-hydrogen) atoms. The van der Waals surface area contributed by atoms with Crippen LogP contribution in [0.25, 0.3) is 11.0 Å². The van der Waals surface area contributed by atoms with E-state index in [1.165, 1.54) is 16.6 Å². The molecule has 1 N–H and O–H groups in total. The van der Waals surface area contributed by atoms with E-state index >= 15 is 0 Å². The Kier molecular flexibility index (Phi) is 9.61. The number of nitrogens with zero attached hydrogens (tertiary/aromatic N) is 2. The van der Waals surface area contributed by atoms with Gasteiger partial charge in [0.05, 0.1) is 17.6 Å². The maximum atomic E-state index is 12.3. The van der Waals surface area contributed by atoms with Crippen molar-refractivity contribution in [2.75, 3.05) is 13.2 Å². The van der Waals surface area contributed by atoms with E-state index in [2.05, 4.69) is 54.1 Å². The molecule has 0 unspecified atom stereocenters. The van der Waals surface area contributed by atoms with Crippen molar-refractivity contribution in [1.82, 2.24) is 14.9 Å². The Bertz CT molecular complexity index is 1330. The zero-order valence-electron chi connectivity index (χ0n) is 21.8. The smallest absolute Gasteiger partial charge is 0.251 e. The number of imidazole rings is 1. The number of fused-ring (bicyclic) bond motifs is 1. The third kappa shape index (κ3) is 7.36. The molecule has 0 spiro atoms. The molecule has 1 amide bonds. The Morgan fingerprint density at radius 3 is 2.65 bits per heavy atom. The van der Waals surface area contributed by atoms with E-state index in [4.69, 9.17) is 21.3 Å². The van der Waals surface area contributed by atoms with Crippen LogP contribution in [0, 0.1) is 13.8 Å². The number of rotatable bonds is 13. The van der Waals surface area contributed by atoms with Crippen molar-refractivity contribution >= 4 is 28.5 Å². The Hall–Kier alpha value is -3.31. The lowest BCUT2D eigenvalue weighted by atomic mass is 10.1. The molecule has 194 valence electrons. The standard InChI is InChI=1S/C31H36ClN3O2/c1-23-12-10-17-29(24(23)2)37-21-9-8-20-35-28-16-6-5-15-27(28)34-30(35)18-4-3-7-19-33-31(36)25-13-11-14-26(32)22-25/h5-6,10-17,22H,3-4,7-9,18-21H2,1-2H3,(H,33,36). The van der Waals surface area contributed by atoms with E-state index in [0.29, 0.717) is 23.7 Å². The summed E-state index contributed by atoms with van der Waals surface area (Å²) >= 11 is 5.98. The van der Waals surface area contributed by atoms with Crippen LogP contribution in [0.1, 0.15) is 59.4 Å². The summed E-state index contributed by atoms with van der Waals surface area (Å²) in [4.78, 5) is 17.2. The summed E-state index contributed by atoms with van der Waals surface area (Å²) in [7, 11) is 0. The van der Waals surface area contributed by atoms with Crippen LogP contribution in [0.15, 0.2) is 66.7 Å². The Morgan fingerprint density at radius 2 is 1.78 bits per heavy atom. The van der Waals surface area contributed by atoms with E-state index in [0.717, 1.165) is 62.2 Å². The molecule has 0 aliphatic rings. The van der Waals surface area contributed by atoms with Gasteiger partial charge in [-0.15, -0.1) is 0 Å². The van der Waals surface area contributed by atoms with Crippen LogP contribution in [0.4, 0.5) is 0 Å². The third-order valence-corrected chi connectivity index (χ3v) is 7.01. The number of nitrogens with one attached hydrogen (secondary N) is 1. The normalized spacial score (nSPS) is 11.1. The Labute approximate surface area is 224 Å². The molecule has 0 saturated carbocycles. The first-order valence-corrected chi connectivity index (χ1v) is 13.6. The number of aryl methyl sites for hydroxylation is 3. The summed E-state index contributed by atoms with van der Waals surface area (Å²) in [5, 5.41) is 3.56. The van der Waals surface area contributed by atoms with Crippen molar-refractivity contribution in [3.63, 3.8) is 0 Å². The second-order valence-electron chi connectivity index (χ2n) is 9.50. The highest BCUT2D eigenvalue weighted by atomic mass is 35.5. The third-order valence-electron chi connectivity index (χ3n) is 6.77. The average molecular weight is 518 g/mol. The van der Waals surface area contributed by atoms with Gasteiger partial charge in [-0.3, -0.25) is 4.79 Å². The summed E-state index contributed by atoms with van der Waals surface area (Å²) in [5.74, 6) is 2.04.